The van der Waals surface area contributed by atoms with E-state index in [4.69, 9.17) is 0 Å². The molecule has 0 aliphatic carbocycles. The molecule has 10 aromatic carbocycles. The Balaban J connectivity index is 1.26. The van der Waals surface area contributed by atoms with Gasteiger partial charge in [-0.05, 0) is 127 Å². The minimum absolute atomic E-state index is 0.0960. The molecule has 0 amide bonds. The van der Waals surface area contributed by atoms with Crippen LogP contribution in [0.15, 0.2) is 194 Å². The van der Waals surface area contributed by atoms with Crippen molar-refractivity contribution in [3.8, 4) is 22.3 Å². The summed E-state index contributed by atoms with van der Waals surface area (Å²) in [6.07, 6.45) is 0. The number of rotatable bonds is 8. The standard InChI is InChI=1S/C62H56N2/c1-41-27-29-47(43-19-11-9-12-20-43)39-57(41)63(55-25-17-15-23-51(55)61(3,4)5)53-37-33-45-32-36-50-54(38-34-46-31-35-49(53)59(45)60(46)50)64(56-26-18-16-24-52(56)62(6,7)8)58-40-48(30-28-42(58)2)44-21-13-10-14-22-44/h9-40H,1-8H3. The molecule has 0 saturated carbocycles. The number of anilines is 6. The summed E-state index contributed by atoms with van der Waals surface area (Å²) in [5.41, 5.74) is 16.7. The quantitative estimate of drug-likeness (QED) is 0.141. The molecular weight excluding hydrogens is 773 g/mol. The molecule has 0 atom stereocenters. The van der Waals surface area contributed by atoms with Crippen molar-refractivity contribution in [3.05, 3.63) is 216 Å². The van der Waals surface area contributed by atoms with Gasteiger partial charge in [-0.15, -0.1) is 0 Å². The Hall–Kier alpha value is -7.16. The fraction of sp³-hybridized carbons (Fsp3) is 0.161. The van der Waals surface area contributed by atoms with E-state index in [2.05, 4.69) is 259 Å². The van der Waals surface area contributed by atoms with Crippen LogP contribution in [-0.4, -0.2) is 0 Å². The predicted molar refractivity (Wildman–Crippen MR) is 277 cm³/mol. The lowest BCUT2D eigenvalue weighted by atomic mass is 9.84. The van der Waals surface area contributed by atoms with Gasteiger partial charge in [0.2, 0.25) is 0 Å². The van der Waals surface area contributed by atoms with Crippen LogP contribution in [0.4, 0.5) is 34.1 Å². The van der Waals surface area contributed by atoms with E-state index in [-0.39, 0.29) is 10.8 Å². The van der Waals surface area contributed by atoms with E-state index in [9.17, 15) is 0 Å². The molecule has 0 saturated heterocycles. The normalized spacial score (nSPS) is 12.1. The second kappa shape index (κ2) is 15.9. The Morgan fingerprint density at radius 1 is 0.297 bits per heavy atom. The van der Waals surface area contributed by atoms with Crippen LogP contribution in [0, 0.1) is 13.8 Å². The molecule has 0 aliphatic heterocycles. The van der Waals surface area contributed by atoms with Crippen LogP contribution in [0.5, 0.6) is 0 Å². The van der Waals surface area contributed by atoms with Gasteiger partial charge in [0.15, 0.2) is 0 Å². The number of hydrogen-bond acceptors (Lipinski definition) is 2. The van der Waals surface area contributed by atoms with Crippen LogP contribution in [0.2, 0.25) is 0 Å². The van der Waals surface area contributed by atoms with E-state index in [0.29, 0.717) is 0 Å². The van der Waals surface area contributed by atoms with Crippen molar-refractivity contribution in [1.29, 1.82) is 0 Å². The number of hydrogen-bond donors (Lipinski definition) is 0. The summed E-state index contributed by atoms with van der Waals surface area (Å²) >= 11 is 0. The monoisotopic (exact) mass is 828 g/mol. The van der Waals surface area contributed by atoms with Gasteiger partial charge in [-0.1, -0.05) is 199 Å². The highest BCUT2D eigenvalue weighted by molar-refractivity contribution is 6.28. The maximum Gasteiger partial charge on any atom is 0.0540 e. The highest BCUT2D eigenvalue weighted by atomic mass is 15.2. The molecular formula is C62H56N2. The Bertz CT molecular complexity index is 3090. The van der Waals surface area contributed by atoms with Gasteiger partial charge in [0.25, 0.3) is 0 Å². The molecule has 314 valence electrons. The Morgan fingerprint density at radius 2 is 0.656 bits per heavy atom. The minimum Gasteiger partial charge on any atom is -0.309 e. The molecule has 0 aliphatic rings. The molecule has 2 nitrogen and oxygen atoms in total. The Labute approximate surface area is 379 Å². The smallest absolute Gasteiger partial charge is 0.0540 e. The van der Waals surface area contributed by atoms with Crippen molar-refractivity contribution >= 4 is 66.4 Å². The van der Waals surface area contributed by atoms with Gasteiger partial charge in [-0.25, -0.2) is 0 Å². The first kappa shape index (κ1) is 40.9. The summed E-state index contributed by atoms with van der Waals surface area (Å²) < 4.78 is 0. The van der Waals surface area contributed by atoms with Gasteiger partial charge in [0, 0.05) is 33.5 Å². The molecule has 0 bridgehead atoms. The van der Waals surface area contributed by atoms with Gasteiger partial charge in [0.1, 0.15) is 0 Å². The van der Waals surface area contributed by atoms with Crippen LogP contribution in [0.1, 0.15) is 63.8 Å². The second-order valence-corrected chi connectivity index (χ2v) is 19.5. The van der Waals surface area contributed by atoms with E-state index >= 15 is 0 Å². The zero-order chi connectivity index (χ0) is 44.3. The van der Waals surface area contributed by atoms with Gasteiger partial charge in [-0.2, -0.15) is 0 Å². The van der Waals surface area contributed by atoms with Crippen molar-refractivity contribution in [3.63, 3.8) is 0 Å². The minimum atomic E-state index is -0.0960. The van der Waals surface area contributed by atoms with Crippen molar-refractivity contribution in [1.82, 2.24) is 0 Å². The van der Waals surface area contributed by atoms with Gasteiger partial charge in [0.05, 0.1) is 11.4 Å². The van der Waals surface area contributed by atoms with Crippen LogP contribution >= 0.6 is 0 Å². The van der Waals surface area contributed by atoms with Crippen LogP contribution in [-0.2, 0) is 10.8 Å². The number of aryl methyl sites for hydroxylation is 2. The van der Waals surface area contributed by atoms with Crippen LogP contribution in [0.25, 0.3) is 54.6 Å². The first-order chi connectivity index (χ1) is 30.9. The Kier molecular flexibility index (Phi) is 10.1. The summed E-state index contributed by atoms with van der Waals surface area (Å²) in [4.78, 5) is 5.08. The van der Waals surface area contributed by atoms with Gasteiger partial charge < -0.3 is 9.80 Å². The van der Waals surface area contributed by atoms with Crippen molar-refractivity contribution < 1.29 is 0 Å². The molecule has 64 heavy (non-hydrogen) atoms. The number of para-hydroxylation sites is 2. The largest absolute Gasteiger partial charge is 0.309 e. The summed E-state index contributed by atoms with van der Waals surface area (Å²) in [6, 6.07) is 72.1. The molecule has 0 spiro atoms. The maximum atomic E-state index is 2.54. The predicted octanol–water partition coefficient (Wildman–Crippen LogP) is 18.1. The molecule has 0 radical (unpaired) electrons. The zero-order valence-electron chi connectivity index (χ0n) is 38.4. The molecule has 0 heterocycles. The average molecular weight is 829 g/mol. The van der Waals surface area contributed by atoms with E-state index in [1.54, 1.807) is 0 Å². The first-order valence-electron chi connectivity index (χ1n) is 22.7. The second-order valence-electron chi connectivity index (χ2n) is 19.5. The number of nitrogens with zero attached hydrogens (tertiary/aromatic N) is 2. The zero-order valence-corrected chi connectivity index (χ0v) is 38.4. The molecule has 0 unspecified atom stereocenters. The lowest BCUT2D eigenvalue weighted by Gasteiger charge is -2.35. The third-order valence-corrected chi connectivity index (χ3v) is 13.1. The van der Waals surface area contributed by atoms with E-state index in [1.165, 1.54) is 111 Å². The van der Waals surface area contributed by atoms with Gasteiger partial charge in [-0.3, -0.25) is 0 Å². The molecule has 10 aromatic rings. The van der Waals surface area contributed by atoms with E-state index in [1.807, 2.05) is 0 Å². The summed E-state index contributed by atoms with van der Waals surface area (Å²) in [5.74, 6) is 0. The first-order valence-corrected chi connectivity index (χ1v) is 22.7. The molecule has 10 rings (SSSR count). The fourth-order valence-corrected chi connectivity index (χ4v) is 9.87. The van der Waals surface area contributed by atoms with Crippen LogP contribution < -0.4 is 9.80 Å². The van der Waals surface area contributed by atoms with E-state index < -0.39 is 0 Å². The van der Waals surface area contributed by atoms with Gasteiger partial charge >= 0.3 is 0 Å². The van der Waals surface area contributed by atoms with Crippen molar-refractivity contribution in [2.75, 3.05) is 9.80 Å². The lowest BCUT2D eigenvalue weighted by Crippen LogP contribution is -2.20. The SMILES string of the molecule is Cc1ccc(-c2ccccc2)cc1N(c1ccccc1C(C)(C)C)c1ccc2ccc3c(N(c4cc(-c5ccccc5)ccc4C)c4ccccc4C(C)(C)C)ccc4ccc1c2c43. The fourth-order valence-electron chi connectivity index (χ4n) is 9.87. The third kappa shape index (κ3) is 7.18. The third-order valence-electron chi connectivity index (χ3n) is 13.1. The average Bonchev–Trinajstić information content (AvgIpc) is 3.30. The summed E-state index contributed by atoms with van der Waals surface area (Å²) in [7, 11) is 0. The molecule has 2 heteroatoms. The number of benzene rings is 10. The highest BCUT2D eigenvalue weighted by Crippen LogP contribution is 2.51. The molecule has 0 aromatic heterocycles. The highest BCUT2D eigenvalue weighted by Gasteiger charge is 2.29. The lowest BCUT2D eigenvalue weighted by molar-refractivity contribution is 0.590. The Morgan fingerprint density at radius 3 is 1.05 bits per heavy atom. The van der Waals surface area contributed by atoms with Crippen LogP contribution in [0.3, 0.4) is 0 Å². The van der Waals surface area contributed by atoms with E-state index in [0.717, 1.165) is 0 Å². The molecule has 0 N–H and O–H groups in total. The van der Waals surface area contributed by atoms with Crippen molar-refractivity contribution in [2.24, 2.45) is 0 Å². The topological polar surface area (TPSA) is 6.48 Å². The summed E-state index contributed by atoms with van der Waals surface area (Å²) in [6.45, 7) is 18.4. The van der Waals surface area contributed by atoms with Crippen molar-refractivity contribution in [2.45, 2.75) is 66.2 Å². The maximum absolute atomic E-state index is 2.54. The summed E-state index contributed by atoms with van der Waals surface area (Å²) in [5, 5.41) is 7.48. The molecule has 0 fully saturated rings.